The van der Waals surface area contributed by atoms with Gasteiger partial charge in [0.15, 0.2) is 5.83 Å². The monoisotopic (exact) mass is 168 g/mol. The fraction of sp³-hybridized carbons (Fsp3) is 0.333. The Kier molecular flexibility index (Phi) is 4.84. The van der Waals surface area contributed by atoms with E-state index in [1.807, 2.05) is 0 Å². The molecule has 0 fully saturated rings. The average Bonchev–Trinajstić information content (AvgIpc) is 2.00. The summed E-state index contributed by atoms with van der Waals surface area (Å²) in [7, 11) is 0. The second-order valence-corrected chi connectivity index (χ2v) is 2.31. The van der Waals surface area contributed by atoms with Gasteiger partial charge in [-0.25, -0.2) is 4.39 Å². The summed E-state index contributed by atoms with van der Waals surface area (Å²) in [5.41, 5.74) is 0.890. The molecule has 0 bridgehead atoms. The summed E-state index contributed by atoms with van der Waals surface area (Å²) in [5, 5.41) is 0. The maximum absolute atomic E-state index is 12.9. The van der Waals surface area contributed by atoms with Crippen molar-refractivity contribution in [3.63, 3.8) is 0 Å². The number of hydrogen-bond acceptors (Lipinski definition) is 2. The normalized spacial score (nSPS) is 14.0. The fourth-order valence-electron chi connectivity index (χ4n) is 0.516. The largest absolute Gasteiger partial charge is 0.263 e. The Balaban J connectivity index is 4.46. The highest BCUT2D eigenvalue weighted by atomic mass is 19.1. The summed E-state index contributed by atoms with van der Waals surface area (Å²) < 4.78 is 12.9. The maximum atomic E-state index is 12.9. The van der Waals surface area contributed by atoms with E-state index in [0.717, 1.165) is 6.21 Å². The van der Waals surface area contributed by atoms with E-state index >= 15 is 0 Å². The number of rotatable bonds is 3. The van der Waals surface area contributed by atoms with Crippen molar-refractivity contribution in [2.24, 2.45) is 9.98 Å². The van der Waals surface area contributed by atoms with Crippen LogP contribution >= 0.6 is 0 Å². The van der Waals surface area contributed by atoms with Gasteiger partial charge >= 0.3 is 0 Å². The van der Waals surface area contributed by atoms with Crippen LogP contribution in [0.25, 0.3) is 0 Å². The molecule has 0 N–H and O–H groups in total. The van der Waals surface area contributed by atoms with Gasteiger partial charge in [-0.15, -0.1) is 0 Å². The lowest BCUT2D eigenvalue weighted by Crippen LogP contribution is -1.82. The zero-order valence-corrected chi connectivity index (χ0v) is 7.63. The Morgan fingerprint density at radius 1 is 1.33 bits per heavy atom. The highest BCUT2D eigenvalue weighted by molar-refractivity contribution is 5.77. The third-order valence-electron chi connectivity index (χ3n) is 1.07. The zero-order chi connectivity index (χ0) is 9.56. The highest BCUT2D eigenvalue weighted by Crippen LogP contribution is 2.04. The highest BCUT2D eigenvalue weighted by Gasteiger charge is 1.94. The van der Waals surface area contributed by atoms with Crippen molar-refractivity contribution in [1.82, 2.24) is 0 Å². The average molecular weight is 168 g/mol. The summed E-state index contributed by atoms with van der Waals surface area (Å²) in [4.78, 5) is 7.46. The third-order valence-corrected chi connectivity index (χ3v) is 1.07. The van der Waals surface area contributed by atoms with E-state index in [2.05, 4.69) is 16.6 Å². The quantitative estimate of drug-likeness (QED) is 0.579. The Bertz CT molecular complexity index is 249. The molecule has 0 saturated heterocycles. The van der Waals surface area contributed by atoms with Crippen LogP contribution < -0.4 is 0 Å². The summed E-state index contributed by atoms with van der Waals surface area (Å²) >= 11 is 0. The minimum absolute atomic E-state index is 0.322. The number of nitrogens with zero attached hydrogens (tertiary/aromatic N) is 2. The molecule has 0 aliphatic heterocycles. The summed E-state index contributed by atoms with van der Waals surface area (Å²) in [6.45, 7) is 8.52. The van der Waals surface area contributed by atoms with Crippen molar-refractivity contribution in [2.45, 2.75) is 20.8 Å². The van der Waals surface area contributed by atoms with E-state index < -0.39 is 5.83 Å². The van der Waals surface area contributed by atoms with Crippen molar-refractivity contribution in [2.75, 3.05) is 0 Å². The molecule has 0 spiro atoms. The first-order valence-electron chi connectivity index (χ1n) is 3.62. The lowest BCUT2D eigenvalue weighted by atomic mass is 10.4. The molecule has 0 heterocycles. The predicted molar refractivity (Wildman–Crippen MR) is 51.3 cm³/mol. The van der Waals surface area contributed by atoms with Crippen LogP contribution in [0.4, 0.5) is 4.39 Å². The minimum Gasteiger partial charge on any atom is -0.263 e. The standard InChI is InChI=1S/C9H13FN2/c1-5-11-8(4)9(10)6-12-7(2)3/h5-6H,2H2,1,3-4H3/b9-8-,11-5?,12-6?. The molecule has 0 aromatic rings. The van der Waals surface area contributed by atoms with Crippen LogP contribution in [-0.4, -0.2) is 12.4 Å². The molecule has 0 amide bonds. The summed E-state index contributed by atoms with van der Waals surface area (Å²) in [6.07, 6.45) is 2.65. The number of halogens is 1. The van der Waals surface area contributed by atoms with Crippen LogP contribution in [-0.2, 0) is 0 Å². The van der Waals surface area contributed by atoms with Crippen LogP contribution in [0.3, 0.4) is 0 Å². The maximum Gasteiger partial charge on any atom is 0.162 e. The second-order valence-electron chi connectivity index (χ2n) is 2.31. The summed E-state index contributed by atoms with van der Waals surface area (Å²) in [5.74, 6) is -0.434. The van der Waals surface area contributed by atoms with Gasteiger partial charge in [-0.3, -0.25) is 9.98 Å². The molecule has 0 atom stereocenters. The third kappa shape index (κ3) is 4.55. The van der Waals surface area contributed by atoms with Gasteiger partial charge < -0.3 is 0 Å². The lowest BCUT2D eigenvalue weighted by Gasteiger charge is -1.91. The summed E-state index contributed by atoms with van der Waals surface area (Å²) in [6, 6.07) is 0. The first-order chi connectivity index (χ1) is 5.57. The Labute approximate surface area is 72.2 Å². The topological polar surface area (TPSA) is 24.7 Å². The number of hydrogen-bond donors (Lipinski definition) is 0. The van der Waals surface area contributed by atoms with Crippen LogP contribution in [0.15, 0.2) is 33.8 Å². The molecule has 0 rings (SSSR count). The molecule has 12 heavy (non-hydrogen) atoms. The second kappa shape index (κ2) is 5.41. The van der Waals surface area contributed by atoms with Crippen molar-refractivity contribution < 1.29 is 4.39 Å². The molecule has 0 radical (unpaired) electrons. The van der Waals surface area contributed by atoms with E-state index in [1.54, 1.807) is 20.8 Å². The molecule has 2 nitrogen and oxygen atoms in total. The van der Waals surface area contributed by atoms with Gasteiger partial charge in [0.1, 0.15) is 0 Å². The molecule has 0 unspecified atom stereocenters. The smallest absolute Gasteiger partial charge is 0.162 e. The first kappa shape index (κ1) is 10.8. The molecular weight excluding hydrogens is 155 g/mol. The van der Waals surface area contributed by atoms with Crippen molar-refractivity contribution >= 4 is 12.4 Å². The van der Waals surface area contributed by atoms with Crippen molar-refractivity contribution in [1.29, 1.82) is 0 Å². The Morgan fingerprint density at radius 3 is 2.33 bits per heavy atom. The molecule has 0 aliphatic carbocycles. The van der Waals surface area contributed by atoms with Crippen LogP contribution in [0.2, 0.25) is 0 Å². The van der Waals surface area contributed by atoms with Gasteiger partial charge in [0.25, 0.3) is 0 Å². The van der Waals surface area contributed by atoms with E-state index in [1.165, 1.54) is 6.21 Å². The van der Waals surface area contributed by atoms with Gasteiger partial charge in [0.2, 0.25) is 0 Å². The van der Waals surface area contributed by atoms with Gasteiger partial charge in [-0.2, -0.15) is 0 Å². The minimum atomic E-state index is -0.434. The van der Waals surface area contributed by atoms with Gasteiger partial charge in [0.05, 0.1) is 11.9 Å². The molecular formula is C9H13FN2. The molecule has 66 valence electrons. The van der Waals surface area contributed by atoms with E-state index in [-0.39, 0.29) is 0 Å². The van der Waals surface area contributed by atoms with Gasteiger partial charge in [-0.1, -0.05) is 6.58 Å². The van der Waals surface area contributed by atoms with Crippen molar-refractivity contribution in [3.8, 4) is 0 Å². The SMILES string of the molecule is C=C(C)N=C/C(F)=C(\C)N=CC. The zero-order valence-electron chi connectivity index (χ0n) is 7.63. The number of aliphatic imine (C=N–C) groups is 2. The first-order valence-corrected chi connectivity index (χ1v) is 3.62. The molecule has 0 aromatic carbocycles. The van der Waals surface area contributed by atoms with Gasteiger partial charge in [0, 0.05) is 11.9 Å². The van der Waals surface area contributed by atoms with Crippen LogP contribution in [0.1, 0.15) is 20.8 Å². The van der Waals surface area contributed by atoms with E-state index in [4.69, 9.17) is 0 Å². The molecule has 0 aliphatic rings. The Morgan fingerprint density at radius 2 is 1.92 bits per heavy atom. The Hall–Kier alpha value is -1.25. The lowest BCUT2D eigenvalue weighted by molar-refractivity contribution is 0.672. The van der Waals surface area contributed by atoms with E-state index in [0.29, 0.717) is 11.4 Å². The van der Waals surface area contributed by atoms with Crippen LogP contribution in [0.5, 0.6) is 0 Å². The molecule has 0 saturated carbocycles. The molecule has 3 heteroatoms. The fourth-order valence-corrected chi connectivity index (χ4v) is 0.516. The predicted octanol–water partition coefficient (Wildman–Crippen LogP) is 2.88. The number of allylic oxidation sites excluding steroid dienone is 3. The van der Waals surface area contributed by atoms with E-state index in [9.17, 15) is 4.39 Å². The van der Waals surface area contributed by atoms with Crippen LogP contribution in [0, 0.1) is 0 Å². The molecule has 0 aromatic heterocycles. The van der Waals surface area contributed by atoms with Crippen molar-refractivity contribution in [3.05, 3.63) is 23.8 Å². The van der Waals surface area contributed by atoms with Gasteiger partial charge in [-0.05, 0) is 20.8 Å².